The molecule has 25 heavy (non-hydrogen) atoms. The highest BCUT2D eigenvalue weighted by Crippen LogP contribution is 2.27. The van der Waals surface area contributed by atoms with Crippen LogP contribution < -0.4 is 5.32 Å². The van der Waals surface area contributed by atoms with Crippen LogP contribution in [0.3, 0.4) is 0 Å². The average molecular weight is 414 g/mol. The Morgan fingerprint density at radius 2 is 1.92 bits per heavy atom. The maximum atomic E-state index is 12.5. The Hall–Kier alpha value is -2.51. The van der Waals surface area contributed by atoms with E-state index in [-0.39, 0.29) is 5.91 Å². The minimum atomic E-state index is -0.327. The highest BCUT2D eigenvalue weighted by molar-refractivity contribution is 9.10. The first-order valence-corrected chi connectivity index (χ1v) is 9.07. The summed E-state index contributed by atoms with van der Waals surface area (Å²) in [6.07, 6.45) is 0. The Morgan fingerprint density at radius 1 is 1.16 bits per heavy atom. The molecule has 2 heterocycles. The highest BCUT2D eigenvalue weighted by Gasteiger charge is 2.19. The molecule has 0 spiro atoms. The van der Waals surface area contributed by atoms with Crippen LogP contribution in [-0.4, -0.2) is 15.3 Å². The third-order valence-corrected chi connectivity index (χ3v) is 4.96. The van der Waals surface area contributed by atoms with E-state index in [0.717, 1.165) is 32.5 Å². The molecule has 1 N–H and O–H groups in total. The molecule has 0 unspecified atom stereocenters. The number of benzene rings is 2. The molecule has 0 aliphatic rings. The first kappa shape index (κ1) is 16.0. The topological polar surface area (TPSA) is 68.0 Å². The van der Waals surface area contributed by atoms with Crippen molar-refractivity contribution in [1.29, 1.82) is 0 Å². The van der Waals surface area contributed by atoms with Gasteiger partial charge in [-0.3, -0.25) is 10.1 Å². The van der Waals surface area contributed by atoms with Crippen LogP contribution in [0.2, 0.25) is 0 Å². The summed E-state index contributed by atoms with van der Waals surface area (Å²) >= 11 is 4.54. The summed E-state index contributed by atoms with van der Waals surface area (Å²) in [5.41, 5.74) is 2.39. The zero-order valence-electron chi connectivity index (χ0n) is 13.1. The number of aromatic nitrogens is 2. The molecular formula is C18H12BrN3O2S. The van der Waals surface area contributed by atoms with E-state index < -0.39 is 0 Å². The molecule has 4 rings (SSSR count). The molecule has 7 heteroatoms. The Bertz CT molecular complexity index is 1070. The lowest BCUT2D eigenvalue weighted by atomic mass is 10.1. The van der Waals surface area contributed by atoms with Crippen molar-refractivity contribution >= 4 is 49.5 Å². The minimum Gasteiger partial charge on any atom is -0.451 e. The quantitative estimate of drug-likeness (QED) is 0.496. The Balaban J connectivity index is 1.58. The van der Waals surface area contributed by atoms with Crippen molar-refractivity contribution < 1.29 is 9.21 Å². The van der Waals surface area contributed by atoms with Gasteiger partial charge in [0.05, 0.1) is 0 Å². The molecule has 5 nitrogen and oxygen atoms in total. The lowest BCUT2D eigenvalue weighted by molar-refractivity contribution is 0.0998. The van der Waals surface area contributed by atoms with Crippen LogP contribution >= 0.6 is 27.5 Å². The highest BCUT2D eigenvalue weighted by atomic mass is 79.9. The maximum absolute atomic E-state index is 12.5. The number of amides is 1. The van der Waals surface area contributed by atoms with Crippen LogP contribution in [0.25, 0.3) is 22.4 Å². The molecule has 124 valence electrons. The van der Waals surface area contributed by atoms with Gasteiger partial charge in [0, 0.05) is 32.5 Å². The summed E-state index contributed by atoms with van der Waals surface area (Å²) in [7, 11) is 0. The molecule has 2 aromatic heterocycles. The SMILES string of the molecule is Cc1c(C(=O)Nc2nc(-c3ccc(Br)cc3)ns2)oc2ccccc12. The molecular weight excluding hydrogens is 402 g/mol. The van der Waals surface area contributed by atoms with Crippen LogP contribution in [0, 0.1) is 6.92 Å². The Morgan fingerprint density at radius 3 is 2.68 bits per heavy atom. The minimum absolute atomic E-state index is 0.293. The van der Waals surface area contributed by atoms with E-state index >= 15 is 0 Å². The van der Waals surface area contributed by atoms with Gasteiger partial charge >= 0.3 is 0 Å². The van der Waals surface area contributed by atoms with Gasteiger partial charge in [-0.25, -0.2) is 0 Å². The van der Waals surface area contributed by atoms with Gasteiger partial charge in [0.2, 0.25) is 5.13 Å². The fraction of sp³-hybridized carbons (Fsp3) is 0.0556. The number of aryl methyl sites for hydroxylation is 1. The van der Waals surface area contributed by atoms with E-state index in [0.29, 0.717) is 22.3 Å². The monoisotopic (exact) mass is 413 g/mol. The van der Waals surface area contributed by atoms with E-state index in [4.69, 9.17) is 4.42 Å². The van der Waals surface area contributed by atoms with Gasteiger partial charge in [0.1, 0.15) is 5.58 Å². The zero-order chi connectivity index (χ0) is 17.4. The van der Waals surface area contributed by atoms with Crippen molar-refractivity contribution in [2.45, 2.75) is 6.92 Å². The number of hydrogen-bond acceptors (Lipinski definition) is 5. The van der Waals surface area contributed by atoms with Crippen molar-refractivity contribution in [3.8, 4) is 11.4 Å². The number of hydrogen-bond donors (Lipinski definition) is 1. The molecule has 0 bridgehead atoms. The summed E-state index contributed by atoms with van der Waals surface area (Å²) in [6.45, 7) is 1.87. The number of para-hydroxylation sites is 1. The van der Waals surface area contributed by atoms with Gasteiger partial charge in [0.25, 0.3) is 5.91 Å². The molecule has 1 amide bonds. The molecule has 0 radical (unpaired) electrons. The van der Waals surface area contributed by atoms with Crippen LogP contribution in [0.1, 0.15) is 16.1 Å². The largest absolute Gasteiger partial charge is 0.451 e. The van der Waals surface area contributed by atoms with Gasteiger partial charge in [-0.2, -0.15) is 9.36 Å². The summed E-state index contributed by atoms with van der Waals surface area (Å²) in [5, 5.41) is 4.13. The van der Waals surface area contributed by atoms with Crippen molar-refractivity contribution in [3.63, 3.8) is 0 Å². The summed E-state index contributed by atoms with van der Waals surface area (Å²) in [4.78, 5) is 16.9. The molecule has 2 aromatic carbocycles. The second-order valence-electron chi connectivity index (χ2n) is 5.44. The summed E-state index contributed by atoms with van der Waals surface area (Å²) in [6, 6.07) is 15.3. The smallest absolute Gasteiger partial charge is 0.293 e. The summed E-state index contributed by atoms with van der Waals surface area (Å²) in [5.74, 6) is 0.544. The van der Waals surface area contributed by atoms with Gasteiger partial charge < -0.3 is 4.42 Å². The van der Waals surface area contributed by atoms with Crippen LogP contribution in [0.15, 0.2) is 57.4 Å². The first-order valence-electron chi connectivity index (χ1n) is 7.51. The van der Waals surface area contributed by atoms with Gasteiger partial charge in [0.15, 0.2) is 11.6 Å². The van der Waals surface area contributed by atoms with Crippen molar-refractivity contribution in [3.05, 3.63) is 64.3 Å². The summed E-state index contributed by atoms with van der Waals surface area (Å²) < 4.78 is 11.0. The van der Waals surface area contributed by atoms with E-state index in [2.05, 4.69) is 30.6 Å². The first-order chi connectivity index (χ1) is 12.1. The number of carbonyl (C=O) groups is 1. The number of halogens is 1. The zero-order valence-corrected chi connectivity index (χ0v) is 15.5. The maximum Gasteiger partial charge on any atom is 0.293 e. The van der Waals surface area contributed by atoms with E-state index in [9.17, 15) is 4.79 Å². The molecule has 0 aliphatic heterocycles. The molecule has 0 saturated heterocycles. The molecule has 0 saturated carbocycles. The van der Waals surface area contributed by atoms with Crippen molar-refractivity contribution in [1.82, 2.24) is 9.36 Å². The lowest BCUT2D eigenvalue weighted by Crippen LogP contribution is -2.11. The Labute approximate surface area is 156 Å². The molecule has 4 aromatic rings. The predicted octanol–water partition coefficient (Wildman–Crippen LogP) is 5.27. The van der Waals surface area contributed by atoms with Crippen LogP contribution in [-0.2, 0) is 0 Å². The van der Waals surface area contributed by atoms with Crippen molar-refractivity contribution in [2.24, 2.45) is 0 Å². The third kappa shape index (κ3) is 3.08. The number of rotatable bonds is 3. The molecule has 0 atom stereocenters. The van der Waals surface area contributed by atoms with E-state index in [1.807, 2.05) is 55.5 Å². The standard InChI is InChI=1S/C18H12BrN3O2S/c1-10-13-4-2-3-5-14(13)24-15(10)17(23)21-18-20-16(22-25-18)11-6-8-12(19)9-7-11/h2-9H,1H3,(H,20,21,22,23). The number of furan rings is 1. The van der Waals surface area contributed by atoms with Gasteiger partial charge in [-0.1, -0.05) is 46.3 Å². The van der Waals surface area contributed by atoms with Gasteiger partial charge in [-0.05, 0) is 25.1 Å². The number of nitrogens with zero attached hydrogens (tertiary/aromatic N) is 2. The van der Waals surface area contributed by atoms with E-state index in [1.165, 1.54) is 0 Å². The number of carbonyl (C=O) groups excluding carboxylic acids is 1. The number of fused-ring (bicyclic) bond motifs is 1. The lowest BCUT2D eigenvalue weighted by Gasteiger charge is -1.98. The van der Waals surface area contributed by atoms with Gasteiger partial charge in [-0.15, -0.1) is 0 Å². The molecule has 0 fully saturated rings. The second kappa shape index (κ2) is 6.42. The molecule has 0 aliphatic carbocycles. The number of nitrogens with one attached hydrogen (secondary N) is 1. The fourth-order valence-corrected chi connectivity index (χ4v) is 3.38. The normalized spacial score (nSPS) is 11.0. The number of anilines is 1. The average Bonchev–Trinajstić information content (AvgIpc) is 3.21. The van der Waals surface area contributed by atoms with Crippen LogP contribution in [0.5, 0.6) is 0 Å². The van der Waals surface area contributed by atoms with Crippen molar-refractivity contribution in [2.75, 3.05) is 5.32 Å². The predicted molar refractivity (Wildman–Crippen MR) is 102 cm³/mol. The Kier molecular flexibility index (Phi) is 4.10. The van der Waals surface area contributed by atoms with Crippen LogP contribution in [0.4, 0.5) is 5.13 Å². The van der Waals surface area contributed by atoms with E-state index in [1.54, 1.807) is 0 Å². The fourth-order valence-electron chi connectivity index (χ4n) is 2.54. The second-order valence-corrected chi connectivity index (χ2v) is 7.10. The third-order valence-electron chi connectivity index (χ3n) is 3.80.